The van der Waals surface area contributed by atoms with E-state index in [1.165, 1.54) is 0 Å². The Labute approximate surface area is 131 Å². The largest absolute Gasteiger partial charge is 0.493 e. The number of carbonyl (C=O) groups is 1. The molecule has 0 radical (unpaired) electrons. The summed E-state index contributed by atoms with van der Waals surface area (Å²) in [6.45, 7) is 0.676. The minimum absolute atomic E-state index is 0.163. The monoisotopic (exact) mass is 312 g/mol. The van der Waals surface area contributed by atoms with Gasteiger partial charge in [-0.15, -0.1) is 0 Å². The summed E-state index contributed by atoms with van der Waals surface area (Å²) in [4.78, 5) is 16.5. The van der Waals surface area contributed by atoms with Crippen LogP contribution in [0.1, 0.15) is 15.9 Å². The molecule has 1 aliphatic rings. The molecule has 0 atom stereocenters. The fourth-order valence-corrected chi connectivity index (χ4v) is 2.73. The quantitative estimate of drug-likeness (QED) is 0.713. The standard InChI is InChI=1S/C16H12N2O3S/c19-15(10-1-3-13-9(7-10)5-6-20-13)17-11-2-4-14-12(8-11)18-16(22)21-14/h1-4,7-8H,5-6H2,(H,17,19)(H,18,22). The summed E-state index contributed by atoms with van der Waals surface area (Å²) in [6.07, 6.45) is 0.839. The van der Waals surface area contributed by atoms with Crippen LogP contribution >= 0.6 is 12.6 Å². The van der Waals surface area contributed by atoms with Gasteiger partial charge in [0.2, 0.25) is 0 Å². The zero-order valence-electron chi connectivity index (χ0n) is 11.5. The van der Waals surface area contributed by atoms with Crippen LogP contribution in [0, 0.1) is 0 Å². The number of ether oxygens (including phenoxy) is 1. The first-order valence-electron chi connectivity index (χ1n) is 6.86. The summed E-state index contributed by atoms with van der Waals surface area (Å²) < 4.78 is 10.7. The number of fused-ring (bicyclic) bond motifs is 2. The molecule has 0 saturated carbocycles. The van der Waals surface area contributed by atoms with Crippen molar-refractivity contribution in [1.82, 2.24) is 4.98 Å². The molecule has 6 heteroatoms. The molecule has 1 aromatic heterocycles. The van der Waals surface area contributed by atoms with Gasteiger partial charge in [-0.2, -0.15) is 0 Å². The van der Waals surface area contributed by atoms with E-state index in [0.29, 0.717) is 34.2 Å². The van der Waals surface area contributed by atoms with Crippen molar-refractivity contribution in [2.75, 3.05) is 11.9 Å². The first-order valence-corrected chi connectivity index (χ1v) is 7.30. The maximum atomic E-state index is 12.3. The topological polar surface area (TPSA) is 64.4 Å². The molecule has 3 aromatic rings. The Hall–Kier alpha value is -2.47. The van der Waals surface area contributed by atoms with E-state index in [9.17, 15) is 4.79 Å². The van der Waals surface area contributed by atoms with Crippen LogP contribution in [0.4, 0.5) is 5.69 Å². The highest BCUT2D eigenvalue weighted by Crippen LogP contribution is 2.26. The van der Waals surface area contributed by atoms with Crippen molar-refractivity contribution < 1.29 is 13.9 Å². The van der Waals surface area contributed by atoms with E-state index in [1.54, 1.807) is 24.3 Å². The van der Waals surface area contributed by atoms with E-state index in [1.807, 2.05) is 12.1 Å². The molecule has 2 aromatic carbocycles. The molecule has 110 valence electrons. The maximum Gasteiger partial charge on any atom is 0.255 e. The van der Waals surface area contributed by atoms with Crippen molar-refractivity contribution >= 4 is 35.3 Å². The third-order valence-corrected chi connectivity index (χ3v) is 3.78. The molecule has 22 heavy (non-hydrogen) atoms. The fourth-order valence-electron chi connectivity index (χ4n) is 2.52. The van der Waals surface area contributed by atoms with E-state index in [0.717, 1.165) is 17.7 Å². The van der Waals surface area contributed by atoms with Crippen LogP contribution in [0.2, 0.25) is 0 Å². The predicted molar refractivity (Wildman–Crippen MR) is 84.9 cm³/mol. The Morgan fingerprint density at radius 2 is 2.14 bits per heavy atom. The number of amides is 1. The lowest BCUT2D eigenvalue weighted by molar-refractivity contribution is 0.102. The van der Waals surface area contributed by atoms with Gasteiger partial charge in [0.25, 0.3) is 11.1 Å². The third-order valence-electron chi connectivity index (χ3n) is 3.59. The average Bonchev–Trinajstić information content (AvgIpc) is 3.10. The molecule has 5 nitrogen and oxygen atoms in total. The molecule has 1 aliphatic heterocycles. The Balaban J connectivity index is 1.59. The molecular formula is C16H12N2O3S. The number of rotatable bonds is 2. The van der Waals surface area contributed by atoms with Crippen molar-refractivity contribution in [1.29, 1.82) is 0 Å². The molecule has 4 rings (SSSR count). The third kappa shape index (κ3) is 2.31. The lowest BCUT2D eigenvalue weighted by Gasteiger charge is -2.06. The van der Waals surface area contributed by atoms with Crippen molar-refractivity contribution in [2.45, 2.75) is 11.6 Å². The number of benzene rings is 2. The molecule has 0 saturated heterocycles. The highest BCUT2D eigenvalue weighted by atomic mass is 32.1. The van der Waals surface area contributed by atoms with Crippen LogP contribution in [0.15, 0.2) is 46.0 Å². The van der Waals surface area contributed by atoms with Gasteiger partial charge in [0.1, 0.15) is 11.3 Å². The van der Waals surface area contributed by atoms with Crippen LogP contribution < -0.4 is 10.1 Å². The maximum absolute atomic E-state index is 12.3. The predicted octanol–water partition coefficient (Wildman–Crippen LogP) is 3.30. The normalized spacial score (nSPS) is 13.0. The van der Waals surface area contributed by atoms with E-state index in [4.69, 9.17) is 9.15 Å². The molecule has 1 N–H and O–H groups in total. The van der Waals surface area contributed by atoms with Gasteiger partial charge >= 0.3 is 0 Å². The molecule has 0 bridgehead atoms. The van der Waals surface area contributed by atoms with Gasteiger partial charge in [0.05, 0.1) is 6.61 Å². The van der Waals surface area contributed by atoms with E-state index in [-0.39, 0.29) is 5.91 Å². The van der Waals surface area contributed by atoms with Gasteiger partial charge in [-0.05, 0) is 42.0 Å². The molecule has 0 aliphatic carbocycles. The summed E-state index contributed by atoms with van der Waals surface area (Å²) in [5, 5.41) is 3.17. The van der Waals surface area contributed by atoms with Crippen LogP contribution in [0.3, 0.4) is 0 Å². The number of thiol groups is 1. The van der Waals surface area contributed by atoms with Gasteiger partial charge < -0.3 is 14.5 Å². The Morgan fingerprint density at radius 1 is 1.23 bits per heavy atom. The highest BCUT2D eigenvalue weighted by molar-refractivity contribution is 7.80. The van der Waals surface area contributed by atoms with Crippen LogP contribution in [0.5, 0.6) is 5.75 Å². The van der Waals surface area contributed by atoms with Crippen molar-refractivity contribution in [3.05, 3.63) is 47.5 Å². The second-order valence-corrected chi connectivity index (χ2v) is 5.44. The number of nitrogens with one attached hydrogen (secondary N) is 1. The van der Waals surface area contributed by atoms with Gasteiger partial charge in [0, 0.05) is 17.7 Å². The van der Waals surface area contributed by atoms with E-state index in [2.05, 4.69) is 22.9 Å². The minimum Gasteiger partial charge on any atom is -0.493 e. The SMILES string of the molecule is O=C(Nc1ccc2oc(S)nc2c1)c1ccc2c(c1)CCO2. The Bertz CT molecular complexity index is 888. The minimum atomic E-state index is -0.163. The van der Waals surface area contributed by atoms with Gasteiger partial charge in [-0.1, -0.05) is 12.6 Å². The van der Waals surface area contributed by atoms with Crippen molar-refractivity contribution in [3.63, 3.8) is 0 Å². The molecular weight excluding hydrogens is 300 g/mol. The van der Waals surface area contributed by atoms with Gasteiger partial charge in [0.15, 0.2) is 5.58 Å². The number of anilines is 1. The second-order valence-electron chi connectivity index (χ2n) is 5.05. The number of hydrogen-bond acceptors (Lipinski definition) is 5. The number of aromatic nitrogens is 1. The molecule has 0 fully saturated rings. The summed E-state index contributed by atoms with van der Waals surface area (Å²) in [5.41, 5.74) is 3.64. The first kappa shape index (κ1) is 13.2. The van der Waals surface area contributed by atoms with Crippen LogP contribution in [-0.2, 0) is 6.42 Å². The average molecular weight is 312 g/mol. The molecule has 0 spiro atoms. The lowest BCUT2D eigenvalue weighted by atomic mass is 10.1. The number of oxazole rings is 1. The molecule has 0 unspecified atom stereocenters. The van der Waals surface area contributed by atoms with Gasteiger partial charge in [-0.25, -0.2) is 4.98 Å². The number of nitrogens with zero attached hydrogens (tertiary/aromatic N) is 1. The summed E-state index contributed by atoms with van der Waals surface area (Å²) in [6, 6.07) is 10.8. The smallest absolute Gasteiger partial charge is 0.255 e. The zero-order chi connectivity index (χ0) is 15.1. The van der Waals surface area contributed by atoms with Gasteiger partial charge in [-0.3, -0.25) is 4.79 Å². The Kier molecular flexibility index (Phi) is 3.04. The van der Waals surface area contributed by atoms with Crippen LogP contribution in [0.25, 0.3) is 11.1 Å². The van der Waals surface area contributed by atoms with E-state index < -0.39 is 0 Å². The van der Waals surface area contributed by atoms with Crippen molar-refractivity contribution in [2.24, 2.45) is 0 Å². The first-order chi connectivity index (χ1) is 10.7. The Morgan fingerprint density at radius 3 is 3.05 bits per heavy atom. The second kappa shape index (κ2) is 5.06. The fraction of sp³-hybridized carbons (Fsp3) is 0.125. The zero-order valence-corrected chi connectivity index (χ0v) is 12.4. The summed E-state index contributed by atoms with van der Waals surface area (Å²) in [5.74, 6) is 0.700. The summed E-state index contributed by atoms with van der Waals surface area (Å²) in [7, 11) is 0. The molecule has 1 amide bonds. The highest BCUT2D eigenvalue weighted by Gasteiger charge is 2.15. The molecule has 2 heterocycles. The summed E-state index contributed by atoms with van der Waals surface area (Å²) >= 11 is 4.06. The van der Waals surface area contributed by atoms with E-state index >= 15 is 0 Å². The number of hydrogen-bond donors (Lipinski definition) is 2. The van der Waals surface area contributed by atoms with Crippen molar-refractivity contribution in [3.8, 4) is 5.75 Å². The van der Waals surface area contributed by atoms with Crippen LogP contribution in [-0.4, -0.2) is 17.5 Å². The lowest BCUT2D eigenvalue weighted by Crippen LogP contribution is -2.11. The number of carbonyl (C=O) groups excluding carboxylic acids is 1.